The molecule has 0 aromatic heterocycles. The van der Waals surface area contributed by atoms with Crippen LogP contribution in [0.5, 0.6) is 0 Å². The summed E-state index contributed by atoms with van der Waals surface area (Å²) < 4.78 is 0. The quantitative estimate of drug-likeness (QED) is 0.676. The zero-order valence-corrected chi connectivity index (χ0v) is 13.2. The maximum Gasteiger partial charge on any atom is 0.0558 e. The molecule has 1 rings (SSSR count). The molecule has 0 aliphatic heterocycles. The minimum atomic E-state index is 0.287. The van der Waals surface area contributed by atoms with Crippen LogP contribution >= 0.6 is 0 Å². The van der Waals surface area contributed by atoms with E-state index in [1.165, 1.54) is 32.1 Å². The Labute approximate surface area is 119 Å². The van der Waals surface area contributed by atoms with Crippen molar-refractivity contribution in [1.82, 2.24) is 10.2 Å². The SMILES string of the molecule is CCCN(CCO)CC1CC(CC)CCC1NCC. The molecule has 1 aliphatic rings. The second-order valence-electron chi connectivity index (χ2n) is 6.04. The van der Waals surface area contributed by atoms with Crippen LogP contribution in [-0.2, 0) is 0 Å². The molecule has 0 spiro atoms. The predicted molar refractivity (Wildman–Crippen MR) is 82.4 cm³/mol. The number of rotatable bonds is 9. The highest BCUT2D eigenvalue weighted by Crippen LogP contribution is 2.32. The molecule has 3 atom stereocenters. The van der Waals surface area contributed by atoms with Gasteiger partial charge in [-0.1, -0.05) is 27.2 Å². The summed E-state index contributed by atoms with van der Waals surface area (Å²) in [6, 6.07) is 0.686. The summed E-state index contributed by atoms with van der Waals surface area (Å²) in [4.78, 5) is 2.45. The van der Waals surface area contributed by atoms with Gasteiger partial charge in [0.15, 0.2) is 0 Å². The fourth-order valence-electron chi connectivity index (χ4n) is 3.55. The second-order valence-corrected chi connectivity index (χ2v) is 6.04. The van der Waals surface area contributed by atoms with E-state index in [1.807, 2.05) is 0 Å². The van der Waals surface area contributed by atoms with Crippen LogP contribution in [0.15, 0.2) is 0 Å². The van der Waals surface area contributed by atoms with E-state index in [2.05, 4.69) is 31.0 Å². The van der Waals surface area contributed by atoms with Gasteiger partial charge < -0.3 is 15.3 Å². The normalized spacial score (nSPS) is 27.9. The summed E-state index contributed by atoms with van der Waals surface area (Å²) in [5, 5.41) is 12.9. The first-order valence-corrected chi connectivity index (χ1v) is 8.31. The Hall–Kier alpha value is -0.120. The number of aliphatic hydroxyl groups is 1. The van der Waals surface area contributed by atoms with Gasteiger partial charge in [-0.05, 0) is 50.6 Å². The maximum atomic E-state index is 9.20. The molecule has 114 valence electrons. The molecule has 3 heteroatoms. The van der Waals surface area contributed by atoms with Gasteiger partial charge in [0.1, 0.15) is 0 Å². The van der Waals surface area contributed by atoms with Gasteiger partial charge in [-0.25, -0.2) is 0 Å². The second kappa shape index (κ2) is 9.73. The molecule has 2 N–H and O–H groups in total. The molecule has 0 amide bonds. The summed E-state index contributed by atoms with van der Waals surface area (Å²) in [6.07, 6.45) is 6.58. The van der Waals surface area contributed by atoms with E-state index in [9.17, 15) is 5.11 Å². The summed E-state index contributed by atoms with van der Waals surface area (Å²) in [7, 11) is 0. The lowest BCUT2D eigenvalue weighted by atomic mass is 9.76. The average molecular weight is 270 g/mol. The summed E-state index contributed by atoms with van der Waals surface area (Å²) in [5.74, 6) is 1.68. The Bertz CT molecular complexity index is 217. The topological polar surface area (TPSA) is 35.5 Å². The minimum absolute atomic E-state index is 0.287. The number of nitrogens with zero attached hydrogens (tertiary/aromatic N) is 1. The molecular formula is C16H34N2O. The Morgan fingerprint density at radius 3 is 2.53 bits per heavy atom. The number of aliphatic hydroxyl groups excluding tert-OH is 1. The zero-order chi connectivity index (χ0) is 14.1. The first-order valence-electron chi connectivity index (χ1n) is 8.31. The Morgan fingerprint density at radius 2 is 1.95 bits per heavy atom. The average Bonchev–Trinajstić information content (AvgIpc) is 2.41. The molecule has 0 aromatic carbocycles. The van der Waals surface area contributed by atoms with E-state index in [-0.39, 0.29) is 6.61 Å². The van der Waals surface area contributed by atoms with Gasteiger partial charge in [0.25, 0.3) is 0 Å². The lowest BCUT2D eigenvalue weighted by Gasteiger charge is -2.39. The Kier molecular flexibility index (Phi) is 8.67. The van der Waals surface area contributed by atoms with Crippen molar-refractivity contribution in [3.63, 3.8) is 0 Å². The van der Waals surface area contributed by atoms with E-state index in [4.69, 9.17) is 0 Å². The van der Waals surface area contributed by atoms with Crippen LogP contribution in [-0.4, -0.2) is 48.8 Å². The van der Waals surface area contributed by atoms with Gasteiger partial charge in [-0.2, -0.15) is 0 Å². The summed E-state index contributed by atoms with van der Waals surface area (Å²) in [5.41, 5.74) is 0. The van der Waals surface area contributed by atoms with Crippen LogP contribution in [0.3, 0.4) is 0 Å². The zero-order valence-electron chi connectivity index (χ0n) is 13.2. The molecule has 1 fully saturated rings. The van der Waals surface area contributed by atoms with Gasteiger partial charge in [-0.15, -0.1) is 0 Å². The van der Waals surface area contributed by atoms with Crippen LogP contribution in [0.25, 0.3) is 0 Å². The maximum absolute atomic E-state index is 9.20. The van der Waals surface area contributed by atoms with Gasteiger partial charge in [0, 0.05) is 19.1 Å². The van der Waals surface area contributed by atoms with Crippen molar-refractivity contribution in [2.45, 2.75) is 58.9 Å². The first-order chi connectivity index (χ1) is 9.24. The lowest BCUT2D eigenvalue weighted by Crippen LogP contribution is -2.46. The predicted octanol–water partition coefficient (Wildman–Crippen LogP) is 2.50. The van der Waals surface area contributed by atoms with Gasteiger partial charge in [0.05, 0.1) is 6.61 Å². The minimum Gasteiger partial charge on any atom is -0.395 e. The highest BCUT2D eigenvalue weighted by molar-refractivity contribution is 4.86. The van der Waals surface area contributed by atoms with Crippen molar-refractivity contribution >= 4 is 0 Å². The van der Waals surface area contributed by atoms with E-state index in [0.717, 1.165) is 38.0 Å². The third kappa shape index (κ3) is 5.80. The highest BCUT2D eigenvalue weighted by Gasteiger charge is 2.30. The van der Waals surface area contributed by atoms with Crippen LogP contribution in [0.2, 0.25) is 0 Å². The van der Waals surface area contributed by atoms with Crippen molar-refractivity contribution in [2.24, 2.45) is 11.8 Å². The molecule has 0 radical (unpaired) electrons. The number of nitrogens with one attached hydrogen (secondary N) is 1. The molecule has 0 saturated heterocycles. The first kappa shape index (κ1) is 16.9. The third-order valence-electron chi connectivity index (χ3n) is 4.58. The molecule has 0 heterocycles. The van der Waals surface area contributed by atoms with Gasteiger partial charge >= 0.3 is 0 Å². The van der Waals surface area contributed by atoms with E-state index >= 15 is 0 Å². The highest BCUT2D eigenvalue weighted by atomic mass is 16.3. The monoisotopic (exact) mass is 270 g/mol. The van der Waals surface area contributed by atoms with Gasteiger partial charge in [0.2, 0.25) is 0 Å². The van der Waals surface area contributed by atoms with Crippen molar-refractivity contribution in [3.8, 4) is 0 Å². The molecule has 3 unspecified atom stereocenters. The van der Waals surface area contributed by atoms with Crippen LogP contribution in [0.4, 0.5) is 0 Å². The summed E-state index contributed by atoms with van der Waals surface area (Å²) in [6.45, 7) is 11.2. The molecule has 0 bridgehead atoms. The van der Waals surface area contributed by atoms with E-state index in [1.54, 1.807) is 0 Å². The molecule has 19 heavy (non-hydrogen) atoms. The van der Waals surface area contributed by atoms with Crippen molar-refractivity contribution in [3.05, 3.63) is 0 Å². The Morgan fingerprint density at radius 1 is 1.16 bits per heavy atom. The smallest absolute Gasteiger partial charge is 0.0558 e. The molecular weight excluding hydrogens is 236 g/mol. The van der Waals surface area contributed by atoms with Crippen LogP contribution < -0.4 is 5.32 Å². The lowest BCUT2D eigenvalue weighted by molar-refractivity contribution is 0.121. The van der Waals surface area contributed by atoms with Crippen molar-refractivity contribution in [1.29, 1.82) is 0 Å². The molecule has 3 nitrogen and oxygen atoms in total. The largest absolute Gasteiger partial charge is 0.395 e. The standard InChI is InChI=1S/C16H34N2O/c1-4-9-18(10-11-19)13-15-12-14(5-2)7-8-16(15)17-6-3/h14-17,19H,4-13H2,1-3H3. The van der Waals surface area contributed by atoms with E-state index < -0.39 is 0 Å². The van der Waals surface area contributed by atoms with Gasteiger partial charge in [-0.3, -0.25) is 0 Å². The molecule has 1 aliphatic carbocycles. The molecule has 0 aromatic rings. The fraction of sp³-hybridized carbons (Fsp3) is 1.00. The fourth-order valence-corrected chi connectivity index (χ4v) is 3.55. The van der Waals surface area contributed by atoms with Crippen LogP contribution in [0.1, 0.15) is 52.9 Å². The van der Waals surface area contributed by atoms with Crippen molar-refractivity contribution in [2.75, 3.05) is 32.8 Å². The van der Waals surface area contributed by atoms with Crippen LogP contribution in [0, 0.1) is 11.8 Å². The number of hydrogen-bond donors (Lipinski definition) is 2. The van der Waals surface area contributed by atoms with E-state index in [0.29, 0.717) is 6.04 Å². The Balaban J connectivity index is 2.55. The molecule has 1 saturated carbocycles. The number of hydrogen-bond acceptors (Lipinski definition) is 3. The summed E-state index contributed by atoms with van der Waals surface area (Å²) >= 11 is 0. The third-order valence-corrected chi connectivity index (χ3v) is 4.58. The van der Waals surface area contributed by atoms with Crippen molar-refractivity contribution < 1.29 is 5.11 Å².